The van der Waals surface area contributed by atoms with Crippen LogP contribution in [0.4, 0.5) is 5.95 Å². The van der Waals surface area contributed by atoms with Crippen LogP contribution in [0, 0.1) is 0 Å². The lowest BCUT2D eigenvalue weighted by atomic mass is 10.1. The van der Waals surface area contributed by atoms with E-state index in [-0.39, 0.29) is 12.0 Å². The average Bonchev–Trinajstić information content (AvgIpc) is 3.30. The number of benzene rings is 1. The van der Waals surface area contributed by atoms with Crippen molar-refractivity contribution in [3.05, 3.63) is 30.5 Å². The molecule has 6 nitrogen and oxygen atoms in total. The van der Waals surface area contributed by atoms with Gasteiger partial charge in [-0.2, -0.15) is 0 Å². The van der Waals surface area contributed by atoms with E-state index >= 15 is 0 Å². The quantitative estimate of drug-likeness (QED) is 0.869. The van der Waals surface area contributed by atoms with E-state index in [9.17, 15) is 4.79 Å². The number of methoxy groups -OCH3 is 1. The lowest BCUT2D eigenvalue weighted by Crippen LogP contribution is -2.43. The molecule has 0 saturated carbocycles. The van der Waals surface area contributed by atoms with Crippen LogP contribution in [-0.2, 0) is 16.1 Å². The third-order valence-corrected chi connectivity index (χ3v) is 4.61. The topological polar surface area (TPSA) is 56.6 Å². The molecule has 1 atom stereocenters. The number of carbonyl (C=O) groups excluding carboxylic acids is 1. The molecule has 126 valence electrons. The molecule has 1 aromatic heterocycles. The van der Waals surface area contributed by atoms with Crippen LogP contribution in [0.25, 0.3) is 11.3 Å². The molecule has 0 N–H and O–H groups in total. The molecule has 2 aliphatic rings. The Bertz CT molecular complexity index is 750. The minimum Gasteiger partial charge on any atom is -0.497 e. The van der Waals surface area contributed by atoms with Gasteiger partial charge < -0.3 is 14.0 Å². The van der Waals surface area contributed by atoms with Crippen LogP contribution in [0.2, 0.25) is 0 Å². The Kier molecular flexibility index (Phi) is 3.98. The van der Waals surface area contributed by atoms with E-state index in [2.05, 4.69) is 4.57 Å². The van der Waals surface area contributed by atoms with Crippen molar-refractivity contribution in [2.45, 2.75) is 31.9 Å². The largest absolute Gasteiger partial charge is 0.497 e. The van der Waals surface area contributed by atoms with Crippen LogP contribution >= 0.6 is 0 Å². The summed E-state index contributed by atoms with van der Waals surface area (Å²) in [6, 6.07) is 7.82. The van der Waals surface area contributed by atoms with E-state index in [1.807, 2.05) is 30.5 Å². The summed E-state index contributed by atoms with van der Waals surface area (Å²) in [5.41, 5.74) is 1.84. The van der Waals surface area contributed by atoms with Crippen molar-refractivity contribution in [2.24, 2.45) is 0 Å². The Morgan fingerprint density at radius 3 is 3.04 bits per heavy atom. The normalized spacial score (nSPS) is 20.0. The lowest BCUT2D eigenvalue weighted by molar-refractivity contribution is -0.127. The highest BCUT2D eigenvalue weighted by atomic mass is 16.5. The summed E-state index contributed by atoms with van der Waals surface area (Å²) in [5, 5.41) is 0. The van der Waals surface area contributed by atoms with E-state index in [0.717, 1.165) is 48.8 Å². The number of hydrogen-bond acceptors (Lipinski definition) is 4. The number of carbonyl (C=O) groups is 1. The van der Waals surface area contributed by atoms with Crippen LogP contribution in [0.5, 0.6) is 5.75 Å². The Balaban J connectivity index is 1.66. The van der Waals surface area contributed by atoms with Crippen molar-refractivity contribution < 1.29 is 14.3 Å². The molecule has 0 radical (unpaired) electrons. The SMILES string of the molecule is COc1cccc(-c2cn3c(n2)N(C(=O)C2CCCO2)CCC3)c1. The van der Waals surface area contributed by atoms with Gasteiger partial charge in [0.05, 0.1) is 12.8 Å². The fraction of sp³-hybridized carbons (Fsp3) is 0.444. The van der Waals surface area contributed by atoms with Gasteiger partial charge in [0, 0.05) is 31.5 Å². The number of hydrogen-bond donors (Lipinski definition) is 0. The first-order valence-corrected chi connectivity index (χ1v) is 8.41. The van der Waals surface area contributed by atoms with Gasteiger partial charge in [0.1, 0.15) is 11.9 Å². The standard InChI is InChI=1S/C18H21N3O3/c1-23-14-6-2-5-13(11-14)15-12-20-8-4-9-21(18(20)19-15)17(22)16-7-3-10-24-16/h2,5-6,11-12,16H,3-4,7-10H2,1H3. The smallest absolute Gasteiger partial charge is 0.258 e. The van der Waals surface area contributed by atoms with Gasteiger partial charge in [-0.15, -0.1) is 0 Å². The highest BCUT2D eigenvalue weighted by molar-refractivity contribution is 5.95. The summed E-state index contributed by atoms with van der Waals surface area (Å²) < 4.78 is 12.9. The Hall–Kier alpha value is -2.34. The fourth-order valence-corrected chi connectivity index (χ4v) is 3.36. The zero-order valence-electron chi connectivity index (χ0n) is 13.8. The molecule has 2 aromatic rings. The molecule has 3 heterocycles. The molecule has 2 aliphatic heterocycles. The van der Waals surface area contributed by atoms with Crippen molar-refractivity contribution in [3.63, 3.8) is 0 Å². The second-order valence-electron chi connectivity index (χ2n) is 6.20. The highest BCUT2D eigenvalue weighted by Crippen LogP contribution is 2.29. The van der Waals surface area contributed by atoms with Crippen molar-refractivity contribution >= 4 is 11.9 Å². The monoisotopic (exact) mass is 327 g/mol. The number of fused-ring (bicyclic) bond motifs is 1. The summed E-state index contributed by atoms with van der Waals surface area (Å²) in [4.78, 5) is 19.2. The number of rotatable bonds is 3. The van der Waals surface area contributed by atoms with Gasteiger partial charge in [-0.1, -0.05) is 12.1 Å². The summed E-state index contributed by atoms with van der Waals surface area (Å²) in [7, 11) is 1.65. The number of aryl methyl sites for hydroxylation is 1. The van der Waals surface area contributed by atoms with Crippen LogP contribution in [-0.4, -0.2) is 41.8 Å². The predicted octanol–water partition coefficient (Wildman–Crippen LogP) is 2.47. The second-order valence-corrected chi connectivity index (χ2v) is 6.20. The average molecular weight is 327 g/mol. The van der Waals surface area contributed by atoms with Gasteiger partial charge in [-0.05, 0) is 31.4 Å². The van der Waals surface area contributed by atoms with Gasteiger partial charge >= 0.3 is 0 Å². The summed E-state index contributed by atoms with van der Waals surface area (Å²) in [6.07, 6.45) is 4.39. The van der Waals surface area contributed by atoms with Crippen molar-refractivity contribution in [3.8, 4) is 17.0 Å². The zero-order chi connectivity index (χ0) is 16.5. The molecule has 6 heteroatoms. The van der Waals surface area contributed by atoms with Crippen molar-refractivity contribution in [1.29, 1.82) is 0 Å². The third-order valence-electron chi connectivity index (χ3n) is 4.61. The number of aromatic nitrogens is 2. The fourth-order valence-electron chi connectivity index (χ4n) is 3.36. The molecule has 24 heavy (non-hydrogen) atoms. The molecule has 0 spiro atoms. The Morgan fingerprint density at radius 1 is 1.33 bits per heavy atom. The summed E-state index contributed by atoms with van der Waals surface area (Å²) in [6.45, 7) is 2.25. The number of anilines is 1. The van der Waals surface area contributed by atoms with Gasteiger partial charge in [0.2, 0.25) is 5.95 Å². The van der Waals surface area contributed by atoms with Crippen molar-refractivity contribution in [2.75, 3.05) is 25.2 Å². The van der Waals surface area contributed by atoms with Crippen molar-refractivity contribution in [1.82, 2.24) is 9.55 Å². The number of nitrogens with zero attached hydrogens (tertiary/aromatic N) is 3. The lowest BCUT2D eigenvalue weighted by Gasteiger charge is -2.28. The maximum absolute atomic E-state index is 12.7. The van der Waals surface area contributed by atoms with Gasteiger partial charge in [-0.3, -0.25) is 9.69 Å². The van der Waals surface area contributed by atoms with E-state index in [4.69, 9.17) is 14.5 Å². The number of imidazole rings is 1. The van der Waals surface area contributed by atoms with E-state index in [1.54, 1.807) is 12.0 Å². The minimum absolute atomic E-state index is 0.0382. The van der Waals surface area contributed by atoms with Gasteiger partial charge in [-0.25, -0.2) is 4.98 Å². The molecule has 0 bridgehead atoms. The first-order valence-electron chi connectivity index (χ1n) is 8.41. The molecule has 1 unspecified atom stereocenters. The molecule has 1 amide bonds. The first kappa shape index (κ1) is 15.2. The molecular formula is C18H21N3O3. The van der Waals surface area contributed by atoms with E-state index < -0.39 is 0 Å². The molecule has 1 fully saturated rings. The first-order chi connectivity index (χ1) is 11.8. The molecule has 0 aliphatic carbocycles. The van der Waals surface area contributed by atoms with Gasteiger partial charge in [0.15, 0.2) is 0 Å². The maximum atomic E-state index is 12.7. The van der Waals surface area contributed by atoms with E-state index in [1.165, 1.54) is 0 Å². The van der Waals surface area contributed by atoms with Gasteiger partial charge in [0.25, 0.3) is 5.91 Å². The number of amides is 1. The minimum atomic E-state index is -0.312. The molecular weight excluding hydrogens is 306 g/mol. The maximum Gasteiger partial charge on any atom is 0.258 e. The predicted molar refractivity (Wildman–Crippen MR) is 90.2 cm³/mol. The zero-order valence-corrected chi connectivity index (χ0v) is 13.8. The summed E-state index contributed by atoms with van der Waals surface area (Å²) >= 11 is 0. The Labute approximate surface area is 141 Å². The Morgan fingerprint density at radius 2 is 2.25 bits per heavy atom. The van der Waals surface area contributed by atoms with Crippen LogP contribution in [0.3, 0.4) is 0 Å². The second kappa shape index (κ2) is 6.28. The molecule has 4 rings (SSSR count). The summed E-state index contributed by atoms with van der Waals surface area (Å²) in [5.74, 6) is 1.56. The molecule has 1 saturated heterocycles. The van der Waals surface area contributed by atoms with E-state index in [0.29, 0.717) is 13.2 Å². The highest BCUT2D eigenvalue weighted by Gasteiger charge is 2.33. The van der Waals surface area contributed by atoms with Crippen LogP contribution in [0.1, 0.15) is 19.3 Å². The van der Waals surface area contributed by atoms with Crippen LogP contribution < -0.4 is 9.64 Å². The van der Waals surface area contributed by atoms with Crippen LogP contribution in [0.15, 0.2) is 30.5 Å². The molecule has 1 aromatic carbocycles. The third kappa shape index (κ3) is 2.67. The number of ether oxygens (including phenoxy) is 2.